The predicted molar refractivity (Wildman–Crippen MR) is 52.1 cm³/mol. The zero-order valence-electron chi connectivity index (χ0n) is 9.21. The van der Waals surface area contributed by atoms with Crippen molar-refractivity contribution in [2.75, 3.05) is 6.61 Å². The highest BCUT2D eigenvalue weighted by molar-refractivity contribution is 5.66. The van der Waals surface area contributed by atoms with Gasteiger partial charge in [0.05, 0.1) is 18.8 Å². The number of aliphatic hydroxyl groups is 2. The Balaban J connectivity index is 2.70. The maximum absolute atomic E-state index is 10.9. The average molecular weight is 218 g/mol. The van der Waals surface area contributed by atoms with Gasteiger partial charge in [-0.05, 0) is 6.92 Å². The van der Waals surface area contributed by atoms with E-state index in [4.69, 9.17) is 14.6 Å². The van der Waals surface area contributed by atoms with Crippen molar-refractivity contribution in [3.8, 4) is 0 Å². The van der Waals surface area contributed by atoms with Crippen LogP contribution in [-0.2, 0) is 14.3 Å². The fraction of sp³-hybridized carbons (Fsp3) is 0.900. The number of aliphatic hydroxyl groups excluding tert-OH is 2. The molecule has 15 heavy (non-hydrogen) atoms. The Labute approximate surface area is 89.0 Å². The van der Waals surface area contributed by atoms with Crippen LogP contribution in [0.25, 0.3) is 0 Å². The van der Waals surface area contributed by atoms with E-state index in [1.54, 1.807) is 13.8 Å². The summed E-state index contributed by atoms with van der Waals surface area (Å²) >= 11 is 0. The first kappa shape index (κ1) is 12.4. The van der Waals surface area contributed by atoms with Gasteiger partial charge < -0.3 is 19.7 Å². The summed E-state index contributed by atoms with van der Waals surface area (Å²) in [6.45, 7) is 4.63. The molecule has 2 N–H and O–H groups in total. The summed E-state index contributed by atoms with van der Waals surface area (Å²) in [6.07, 6.45) is -2.18. The van der Waals surface area contributed by atoms with Crippen LogP contribution in [0.5, 0.6) is 0 Å². The topological polar surface area (TPSA) is 76.0 Å². The molecular weight excluding hydrogens is 200 g/mol. The molecule has 0 aliphatic carbocycles. The van der Waals surface area contributed by atoms with Crippen LogP contribution >= 0.6 is 0 Å². The zero-order chi connectivity index (χ0) is 11.6. The van der Waals surface area contributed by atoms with Crippen molar-refractivity contribution in [3.05, 3.63) is 0 Å². The molecule has 1 rings (SSSR count). The third kappa shape index (κ3) is 2.68. The summed E-state index contributed by atoms with van der Waals surface area (Å²) in [4.78, 5) is 10.9. The number of esters is 1. The summed E-state index contributed by atoms with van der Waals surface area (Å²) in [6, 6.07) is 0. The molecular formula is C10H18O5. The smallest absolute Gasteiger partial charge is 0.303 e. The molecule has 0 saturated carbocycles. The Kier molecular flexibility index (Phi) is 4.07. The lowest BCUT2D eigenvalue weighted by Gasteiger charge is -2.41. The SMILES string of the molecule is CC(=O)OC1[C@H](C)OC(CO)[C@@H](O)[C@@H]1C. The molecule has 1 aliphatic heterocycles. The van der Waals surface area contributed by atoms with Crippen molar-refractivity contribution < 1.29 is 24.5 Å². The number of carbonyl (C=O) groups excluding carboxylic acids is 1. The minimum Gasteiger partial charge on any atom is -0.459 e. The molecule has 88 valence electrons. The largest absolute Gasteiger partial charge is 0.459 e. The van der Waals surface area contributed by atoms with E-state index in [2.05, 4.69) is 0 Å². The van der Waals surface area contributed by atoms with Crippen LogP contribution in [-0.4, -0.2) is 47.2 Å². The third-order valence-corrected chi connectivity index (χ3v) is 2.77. The molecule has 5 heteroatoms. The molecule has 0 aromatic heterocycles. The molecule has 0 spiro atoms. The maximum Gasteiger partial charge on any atom is 0.303 e. The molecule has 0 amide bonds. The highest BCUT2D eigenvalue weighted by Crippen LogP contribution is 2.27. The van der Waals surface area contributed by atoms with E-state index in [1.165, 1.54) is 6.92 Å². The van der Waals surface area contributed by atoms with Crippen LogP contribution in [0, 0.1) is 5.92 Å². The van der Waals surface area contributed by atoms with Crippen LogP contribution in [0.2, 0.25) is 0 Å². The third-order valence-electron chi connectivity index (χ3n) is 2.77. The fourth-order valence-corrected chi connectivity index (χ4v) is 1.94. The van der Waals surface area contributed by atoms with Gasteiger partial charge in [-0.2, -0.15) is 0 Å². The molecule has 0 aromatic rings. The van der Waals surface area contributed by atoms with Crippen LogP contribution < -0.4 is 0 Å². The second-order valence-corrected chi connectivity index (χ2v) is 3.99. The average Bonchev–Trinajstić information content (AvgIpc) is 2.18. The van der Waals surface area contributed by atoms with E-state index >= 15 is 0 Å². The van der Waals surface area contributed by atoms with Gasteiger partial charge in [-0.1, -0.05) is 6.92 Å². The summed E-state index contributed by atoms with van der Waals surface area (Å²) in [5.74, 6) is -0.633. The van der Waals surface area contributed by atoms with E-state index in [-0.39, 0.29) is 18.6 Å². The first-order valence-electron chi connectivity index (χ1n) is 5.09. The molecule has 1 fully saturated rings. The van der Waals surface area contributed by atoms with Crippen LogP contribution in [0.1, 0.15) is 20.8 Å². The lowest BCUT2D eigenvalue weighted by atomic mass is 9.88. The standard InChI is InChI=1S/C10H18O5/c1-5-9(13)8(4-11)14-6(2)10(5)15-7(3)12/h5-6,8-11,13H,4H2,1-3H3/t5-,6-,8?,9-,10?/m0/s1. The molecule has 5 nitrogen and oxygen atoms in total. The van der Waals surface area contributed by atoms with Gasteiger partial charge in [0.15, 0.2) is 0 Å². The summed E-state index contributed by atoms with van der Waals surface area (Å²) in [7, 11) is 0. The molecule has 0 aromatic carbocycles. The monoisotopic (exact) mass is 218 g/mol. The van der Waals surface area contributed by atoms with E-state index < -0.39 is 24.3 Å². The van der Waals surface area contributed by atoms with Gasteiger partial charge in [0.25, 0.3) is 0 Å². The number of hydrogen-bond acceptors (Lipinski definition) is 5. The second-order valence-electron chi connectivity index (χ2n) is 3.99. The Morgan fingerprint density at radius 3 is 2.53 bits per heavy atom. The van der Waals surface area contributed by atoms with Crippen LogP contribution in [0.3, 0.4) is 0 Å². The summed E-state index contributed by atoms with van der Waals surface area (Å²) in [5, 5.41) is 18.7. The lowest BCUT2D eigenvalue weighted by Crippen LogP contribution is -2.54. The first-order chi connectivity index (χ1) is 6.97. The van der Waals surface area contributed by atoms with E-state index in [0.717, 1.165) is 0 Å². The van der Waals surface area contributed by atoms with Crippen molar-refractivity contribution in [1.82, 2.24) is 0 Å². The zero-order valence-corrected chi connectivity index (χ0v) is 9.21. The number of rotatable bonds is 2. The van der Waals surface area contributed by atoms with Gasteiger partial charge in [0, 0.05) is 12.8 Å². The number of hydrogen-bond donors (Lipinski definition) is 2. The van der Waals surface area contributed by atoms with Gasteiger partial charge in [0.1, 0.15) is 12.2 Å². The molecule has 0 radical (unpaired) electrons. The molecule has 2 unspecified atom stereocenters. The Bertz CT molecular complexity index is 230. The van der Waals surface area contributed by atoms with Gasteiger partial charge in [-0.3, -0.25) is 4.79 Å². The van der Waals surface area contributed by atoms with Gasteiger partial charge in [-0.15, -0.1) is 0 Å². The highest BCUT2D eigenvalue weighted by Gasteiger charge is 2.42. The van der Waals surface area contributed by atoms with Gasteiger partial charge in [-0.25, -0.2) is 0 Å². The molecule has 5 atom stereocenters. The van der Waals surface area contributed by atoms with Crippen molar-refractivity contribution in [2.24, 2.45) is 5.92 Å². The van der Waals surface area contributed by atoms with Crippen molar-refractivity contribution in [1.29, 1.82) is 0 Å². The van der Waals surface area contributed by atoms with Crippen molar-refractivity contribution in [2.45, 2.75) is 45.2 Å². The molecule has 1 heterocycles. The van der Waals surface area contributed by atoms with Gasteiger partial charge >= 0.3 is 5.97 Å². The van der Waals surface area contributed by atoms with Crippen molar-refractivity contribution in [3.63, 3.8) is 0 Å². The van der Waals surface area contributed by atoms with E-state index in [1.807, 2.05) is 0 Å². The fourth-order valence-electron chi connectivity index (χ4n) is 1.94. The van der Waals surface area contributed by atoms with Crippen molar-refractivity contribution >= 4 is 5.97 Å². The first-order valence-corrected chi connectivity index (χ1v) is 5.09. The predicted octanol–water partition coefficient (Wildman–Crippen LogP) is -0.305. The van der Waals surface area contributed by atoms with Crippen LogP contribution in [0.15, 0.2) is 0 Å². The number of carbonyl (C=O) groups is 1. The molecule has 1 saturated heterocycles. The lowest BCUT2D eigenvalue weighted by molar-refractivity contribution is -0.213. The molecule has 1 aliphatic rings. The summed E-state index contributed by atoms with van der Waals surface area (Å²) < 4.78 is 10.4. The van der Waals surface area contributed by atoms with Crippen LogP contribution in [0.4, 0.5) is 0 Å². The van der Waals surface area contributed by atoms with E-state index in [0.29, 0.717) is 0 Å². The second kappa shape index (κ2) is 4.92. The Morgan fingerprint density at radius 2 is 2.07 bits per heavy atom. The Hall–Kier alpha value is -0.650. The highest BCUT2D eigenvalue weighted by atomic mass is 16.6. The van der Waals surface area contributed by atoms with Gasteiger partial charge in [0.2, 0.25) is 0 Å². The quantitative estimate of drug-likeness (QED) is 0.622. The molecule has 0 bridgehead atoms. The minimum atomic E-state index is -0.810. The maximum atomic E-state index is 10.9. The Morgan fingerprint density at radius 1 is 1.47 bits per heavy atom. The summed E-state index contributed by atoms with van der Waals surface area (Å²) in [5.41, 5.74) is 0. The normalized spacial score (nSPS) is 41.3. The van der Waals surface area contributed by atoms with E-state index in [9.17, 15) is 9.90 Å². The number of ether oxygens (including phenoxy) is 2. The minimum absolute atomic E-state index is 0.233.